The number of alkyl halides is 1. The van der Waals surface area contributed by atoms with Crippen molar-refractivity contribution < 1.29 is 30.5 Å². The van der Waals surface area contributed by atoms with Crippen molar-refractivity contribution >= 4 is 27.5 Å². The van der Waals surface area contributed by atoms with E-state index in [1.54, 1.807) is 12.0 Å². The highest BCUT2D eigenvalue weighted by atomic mass is 19.1. The van der Waals surface area contributed by atoms with Crippen LogP contribution >= 0.6 is 0 Å². The van der Waals surface area contributed by atoms with Gasteiger partial charge in [-0.15, -0.1) is 6.42 Å². The lowest BCUT2D eigenvalue weighted by Crippen LogP contribution is -2.61. The van der Waals surface area contributed by atoms with Crippen molar-refractivity contribution in [1.29, 1.82) is 0 Å². The quantitative estimate of drug-likeness (QED) is 0.277. The standard InChI is InChI=1S/C35H35F3N6O3/c1-3-25-28(37)7-4-19-10-24(45)11-26(29(19)25)31-30(38)32-27(14-40-31)33(43-16-21-5-6-22(43)13-39-21)42-34(41-32)47-18-35-9-8-23(17-46-2)44(35)15-20(36)12-35/h1,4,7,10-11,14,20-23,39,45H,5-6,8-9,12-13,15-18H2,2H3/i18D2. The number of piperazine rings is 1. The van der Waals surface area contributed by atoms with Gasteiger partial charge < -0.3 is 24.8 Å². The Kier molecular flexibility index (Phi) is 6.83. The fourth-order valence-electron chi connectivity index (χ4n) is 8.09. The first kappa shape index (κ1) is 27.9. The van der Waals surface area contributed by atoms with E-state index in [-0.39, 0.29) is 70.0 Å². The number of nitrogens with one attached hydrogen (secondary N) is 1. The number of benzene rings is 2. The summed E-state index contributed by atoms with van der Waals surface area (Å²) in [6, 6.07) is 4.92. The fourth-order valence-corrected chi connectivity index (χ4v) is 8.09. The van der Waals surface area contributed by atoms with E-state index in [0.717, 1.165) is 12.8 Å². The van der Waals surface area contributed by atoms with E-state index in [2.05, 4.69) is 26.1 Å². The number of phenols is 1. The predicted octanol–water partition coefficient (Wildman–Crippen LogP) is 4.72. The minimum atomic E-state index is -2.46. The number of terminal acetylenes is 1. The van der Waals surface area contributed by atoms with E-state index in [0.29, 0.717) is 43.7 Å². The second-order valence-corrected chi connectivity index (χ2v) is 13.0. The number of piperidine rings is 2. The van der Waals surface area contributed by atoms with Gasteiger partial charge in [-0.1, -0.05) is 12.0 Å². The van der Waals surface area contributed by atoms with Crippen molar-refractivity contribution in [2.45, 2.75) is 61.9 Å². The predicted molar refractivity (Wildman–Crippen MR) is 171 cm³/mol. The van der Waals surface area contributed by atoms with Crippen molar-refractivity contribution in [3.05, 3.63) is 47.7 Å². The first-order chi connectivity index (χ1) is 23.5. The van der Waals surface area contributed by atoms with Crippen molar-refractivity contribution in [2.75, 3.05) is 44.8 Å². The van der Waals surface area contributed by atoms with Crippen LogP contribution in [0.2, 0.25) is 0 Å². The Morgan fingerprint density at radius 1 is 1.21 bits per heavy atom. The Bertz CT molecular complexity index is 2020. The number of aromatic hydroxyl groups is 1. The monoisotopic (exact) mass is 646 g/mol. The van der Waals surface area contributed by atoms with Gasteiger partial charge in [0, 0.05) is 68.4 Å². The maximum Gasteiger partial charge on any atom is 0.319 e. The molecule has 2 N–H and O–H groups in total. The first-order valence-electron chi connectivity index (χ1n) is 16.9. The molecular formula is C35H35F3N6O3. The van der Waals surface area contributed by atoms with Crippen LogP contribution < -0.4 is 15.0 Å². The molecule has 0 aliphatic carbocycles. The number of rotatable bonds is 7. The third-order valence-corrected chi connectivity index (χ3v) is 10.2. The molecule has 7 heterocycles. The highest BCUT2D eigenvalue weighted by Gasteiger charge is 2.53. The van der Waals surface area contributed by atoms with Crippen LogP contribution in [0, 0.1) is 24.0 Å². The van der Waals surface area contributed by atoms with Crippen molar-refractivity contribution in [3.8, 4) is 35.4 Å². The van der Waals surface area contributed by atoms with Gasteiger partial charge in [0.2, 0.25) is 0 Å². The smallest absolute Gasteiger partial charge is 0.319 e. The Labute approximate surface area is 272 Å². The Morgan fingerprint density at radius 3 is 2.83 bits per heavy atom. The van der Waals surface area contributed by atoms with Gasteiger partial charge in [-0.25, -0.2) is 13.2 Å². The number of ether oxygens (including phenoxy) is 2. The number of pyridine rings is 1. The molecule has 9 nitrogen and oxygen atoms in total. The molecule has 2 aromatic heterocycles. The molecule has 9 rings (SSSR count). The Hall–Kier alpha value is -4.18. The summed E-state index contributed by atoms with van der Waals surface area (Å²) in [6.07, 6.45) is 8.54. The molecule has 5 saturated heterocycles. The van der Waals surface area contributed by atoms with E-state index < -0.39 is 35.9 Å². The summed E-state index contributed by atoms with van der Waals surface area (Å²) in [7, 11) is 1.56. The van der Waals surface area contributed by atoms with Crippen LogP contribution in [-0.2, 0) is 4.74 Å². The minimum Gasteiger partial charge on any atom is -0.508 e. The molecule has 5 aliphatic rings. The molecule has 2 aromatic carbocycles. The van der Waals surface area contributed by atoms with Crippen LogP contribution in [-0.4, -0.2) is 94.7 Å². The summed E-state index contributed by atoms with van der Waals surface area (Å²) in [5.41, 5.74) is -1.79. The second kappa shape index (κ2) is 11.5. The van der Waals surface area contributed by atoms with Gasteiger partial charge in [0.15, 0.2) is 5.82 Å². The SMILES string of the molecule is [2H]C([2H])(Oc1nc(N2CC3CCC2CN3)c2cnc(-c3cc(O)cc4ccc(F)c(C#C)c34)c(F)c2n1)C12CCC(COC)N1CC(F)C2. The largest absolute Gasteiger partial charge is 0.508 e. The molecule has 0 saturated carbocycles. The molecule has 0 amide bonds. The molecule has 0 spiro atoms. The number of phenolic OH excluding ortho intramolecular Hbond substituents is 1. The van der Waals surface area contributed by atoms with Crippen LogP contribution in [0.3, 0.4) is 0 Å². The number of anilines is 1. The summed E-state index contributed by atoms with van der Waals surface area (Å²) in [5, 5.41) is 14.9. The van der Waals surface area contributed by atoms with Crippen molar-refractivity contribution in [2.24, 2.45) is 0 Å². The molecule has 12 heteroatoms. The number of methoxy groups -OCH3 is 1. The van der Waals surface area contributed by atoms with Gasteiger partial charge in [-0.05, 0) is 49.3 Å². The molecule has 244 valence electrons. The van der Waals surface area contributed by atoms with E-state index in [4.69, 9.17) is 20.9 Å². The van der Waals surface area contributed by atoms with E-state index >= 15 is 4.39 Å². The number of aromatic nitrogens is 3. The second-order valence-electron chi connectivity index (χ2n) is 13.0. The third-order valence-electron chi connectivity index (χ3n) is 10.2. The summed E-state index contributed by atoms with van der Waals surface area (Å²) in [6.45, 7) is -0.825. The van der Waals surface area contributed by atoms with Crippen LogP contribution in [0.25, 0.3) is 32.9 Å². The highest BCUT2D eigenvalue weighted by molar-refractivity contribution is 6.03. The molecule has 5 atom stereocenters. The molecular weight excluding hydrogens is 609 g/mol. The third kappa shape index (κ3) is 4.94. The Morgan fingerprint density at radius 2 is 2.09 bits per heavy atom. The zero-order chi connectivity index (χ0) is 34.2. The zero-order valence-corrected chi connectivity index (χ0v) is 25.8. The lowest BCUT2D eigenvalue weighted by Gasteiger charge is -2.46. The molecule has 2 bridgehead atoms. The molecule has 5 unspecified atom stereocenters. The minimum absolute atomic E-state index is 0.0347. The number of hydrogen-bond donors (Lipinski definition) is 2. The highest BCUT2D eigenvalue weighted by Crippen LogP contribution is 2.44. The van der Waals surface area contributed by atoms with Crippen molar-refractivity contribution in [3.63, 3.8) is 0 Å². The molecule has 5 fully saturated rings. The topological polar surface area (TPSA) is 95.9 Å². The summed E-state index contributed by atoms with van der Waals surface area (Å²) < 4.78 is 76.7. The van der Waals surface area contributed by atoms with Crippen LogP contribution in [0.15, 0.2) is 30.5 Å². The fraction of sp³-hybridized carbons (Fsp3) is 0.457. The number of hydrogen-bond acceptors (Lipinski definition) is 9. The lowest BCUT2D eigenvalue weighted by molar-refractivity contribution is 0.0518. The molecule has 5 aliphatic heterocycles. The van der Waals surface area contributed by atoms with Gasteiger partial charge in [0.25, 0.3) is 0 Å². The average molecular weight is 647 g/mol. The van der Waals surface area contributed by atoms with Gasteiger partial charge in [-0.3, -0.25) is 9.88 Å². The molecule has 4 aromatic rings. The van der Waals surface area contributed by atoms with Crippen LogP contribution in [0.4, 0.5) is 19.0 Å². The van der Waals surface area contributed by atoms with Crippen LogP contribution in [0.5, 0.6) is 11.8 Å². The maximum atomic E-state index is 17.0. The summed E-state index contributed by atoms with van der Waals surface area (Å²) >= 11 is 0. The van der Waals surface area contributed by atoms with E-state index in [1.807, 2.05) is 0 Å². The molecule has 0 radical (unpaired) electrons. The summed E-state index contributed by atoms with van der Waals surface area (Å²) in [5.74, 6) is 0.887. The maximum absolute atomic E-state index is 17.0. The van der Waals surface area contributed by atoms with Crippen molar-refractivity contribution in [1.82, 2.24) is 25.2 Å². The Balaban J connectivity index is 1.30. The first-order valence-corrected chi connectivity index (χ1v) is 15.9. The van der Waals surface area contributed by atoms with E-state index in [1.165, 1.54) is 30.5 Å². The van der Waals surface area contributed by atoms with Gasteiger partial charge >= 0.3 is 6.01 Å². The van der Waals surface area contributed by atoms with Crippen LogP contribution in [0.1, 0.15) is 40.4 Å². The average Bonchev–Trinajstić information content (AvgIpc) is 3.61. The number of halogens is 3. The van der Waals surface area contributed by atoms with Gasteiger partial charge in [-0.2, -0.15) is 9.97 Å². The molecule has 47 heavy (non-hydrogen) atoms. The lowest BCUT2D eigenvalue weighted by atomic mass is 9.92. The summed E-state index contributed by atoms with van der Waals surface area (Å²) in [4.78, 5) is 17.4. The van der Waals surface area contributed by atoms with Gasteiger partial charge in [0.05, 0.1) is 25.8 Å². The normalized spacial score (nSPS) is 28.0. The van der Waals surface area contributed by atoms with Gasteiger partial charge in [0.1, 0.15) is 41.3 Å². The number of nitrogens with zero attached hydrogens (tertiary/aromatic N) is 5. The van der Waals surface area contributed by atoms with E-state index in [9.17, 15) is 16.6 Å². The number of fused-ring (bicyclic) bond motifs is 6. The zero-order valence-electron chi connectivity index (χ0n) is 27.8.